The molecule has 0 fully saturated rings. The van der Waals surface area contributed by atoms with Crippen molar-refractivity contribution >= 4 is 6.09 Å². The molecule has 1 amide bonds. The molecule has 0 bridgehead atoms. The normalized spacial score (nSPS) is 12.8. The molecule has 0 aromatic heterocycles. The summed E-state index contributed by atoms with van der Waals surface area (Å²) < 4.78 is 75.4. The van der Waals surface area contributed by atoms with Crippen molar-refractivity contribution in [3.8, 4) is 0 Å². The van der Waals surface area contributed by atoms with Gasteiger partial charge in [-0.2, -0.15) is 26.3 Å². The Morgan fingerprint density at radius 1 is 1.24 bits per heavy atom. The summed E-state index contributed by atoms with van der Waals surface area (Å²) in [5, 5.41) is 0. The first-order chi connectivity index (χ1) is 7.54. The van der Waals surface area contributed by atoms with Gasteiger partial charge in [-0.25, -0.2) is 4.79 Å². The van der Waals surface area contributed by atoms with Crippen molar-refractivity contribution in [1.82, 2.24) is 4.90 Å². The van der Waals surface area contributed by atoms with E-state index in [1.165, 1.54) is 6.92 Å². The van der Waals surface area contributed by atoms with Gasteiger partial charge in [-0.15, -0.1) is 0 Å². The van der Waals surface area contributed by atoms with Crippen LogP contribution < -0.4 is 5.73 Å². The minimum atomic E-state index is -5.72. The van der Waals surface area contributed by atoms with E-state index < -0.39 is 31.2 Å². The summed E-state index contributed by atoms with van der Waals surface area (Å²) in [6.07, 6.45) is -17.4. The van der Waals surface area contributed by atoms with Gasteiger partial charge in [-0.3, -0.25) is 4.90 Å². The second-order valence-corrected chi connectivity index (χ2v) is 2.89. The first kappa shape index (κ1) is 15.8. The number of halogens is 6. The zero-order valence-electron chi connectivity index (χ0n) is 8.60. The van der Waals surface area contributed by atoms with Crippen LogP contribution in [0, 0.1) is 0 Å². The van der Waals surface area contributed by atoms with E-state index in [2.05, 4.69) is 4.74 Å². The van der Waals surface area contributed by atoms with Crippen molar-refractivity contribution in [3.63, 3.8) is 0 Å². The highest BCUT2D eigenvalue weighted by atomic mass is 19.4. The van der Waals surface area contributed by atoms with Crippen molar-refractivity contribution in [3.05, 3.63) is 0 Å². The van der Waals surface area contributed by atoms with Crippen molar-refractivity contribution in [2.45, 2.75) is 25.4 Å². The Bertz CT molecular complexity index is 246. The summed E-state index contributed by atoms with van der Waals surface area (Å²) in [5.74, 6) is 0. The molecule has 2 N–H and O–H groups in total. The second-order valence-electron chi connectivity index (χ2n) is 2.89. The zero-order valence-corrected chi connectivity index (χ0v) is 8.60. The van der Waals surface area contributed by atoms with Crippen molar-refractivity contribution in [1.29, 1.82) is 0 Å². The molecule has 102 valence electrons. The van der Waals surface area contributed by atoms with Crippen LogP contribution in [0.4, 0.5) is 31.1 Å². The van der Waals surface area contributed by atoms with Gasteiger partial charge in [0, 0.05) is 6.54 Å². The Labute approximate surface area is 92.3 Å². The van der Waals surface area contributed by atoms with Crippen LogP contribution in [-0.4, -0.2) is 42.7 Å². The average molecular weight is 268 g/mol. The highest BCUT2D eigenvalue weighted by Crippen LogP contribution is 2.35. The monoisotopic (exact) mass is 268 g/mol. The Balaban J connectivity index is 4.85. The summed E-state index contributed by atoms with van der Waals surface area (Å²) in [4.78, 5) is 11.4. The van der Waals surface area contributed by atoms with E-state index in [9.17, 15) is 31.1 Å². The molecular formula is C7H10F6N2O2. The molecule has 17 heavy (non-hydrogen) atoms. The highest BCUT2D eigenvalue weighted by Gasteiger charge is 2.60. The van der Waals surface area contributed by atoms with Crippen LogP contribution in [0.3, 0.4) is 0 Å². The number of nitrogens with zero attached hydrogens (tertiary/aromatic N) is 1. The number of alkyl halides is 6. The molecule has 0 aliphatic carbocycles. The van der Waals surface area contributed by atoms with Gasteiger partial charge in [-0.1, -0.05) is 0 Å². The summed E-state index contributed by atoms with van der Waals surface area (Å²) >= 11 is 0. The smallest absolute Gasteiger partial charge is 0.426 e. The van der Waals surface area contributed by atoms with Crippen LogP contribution in [0.15, 0.2) is 0 Å². The molecule has 0 aromatic carbocycles. The number of rotatable bonds is 3. The molecule has 0 saturated heterocycles. The lowest BCUT2D eigenvalue weighted by Gasteiger charge is -2.26. The van der Waals surface area contributed by atoms with Gasteiger partial charge >= 0.3 is 18.4 Å². The number of amides is 1. The SMILES string of the molecule is CCN(CN)C(=O)OC(C(F)(F)F)C(F)(F)F. The largest absolute Gasteiger partial charge is 0.434 e. The average Bonchev–Trinajstić information content (AvgIpc) is 2.12. The van der Waals surface area contributed by atoms with E-state index in [-0.39, 0.29) is 6.54 Å². The Morgan fingerprint density at radius 3 is 1.88 bits per heavy atom. The van der Waals surface area contributed by atoms with Crippen molar-refractivity contribution in [2.75, 3.05) is 13.2 Å². The summed E-state index contributed by atoms with van der Waals surface area (Å²) in [6, 6.07) is 0. The van der Waals surface area contributed by atoms with Gasteiger partial charge in [0.15, 0.2) is 0 Å². The molecule has 0 atom stereocenters. The quantitative estimate of drug-likeness (QED) is 0.627. The maximum Gasteiger partial charge on any atom is 0.434 e. The molecule has 0 rings (SSSR count). The number of ether oxygens (including phenoxy) is 1. The van der Waals surface area contributed by atoms with E-state index in [1.54, 1.807) is 0 Å². The number of nitrogens with two attached hydrogens (primary N) is 1. The lowest BCUT2D eigenvalue weighted by atomic mass is 10.3. The number of carbonyl (C=O) groups excluding carboxylic acids is 1. The predicted molar refractivity (Wildman–Crippen MR) is 43.8 cm³/mol. The maximum absolute atomic E-state index is 12.0. The number of carbonyl (C=O) groups is 1. The molecule has 0 radical (unpaired) electrons. The lowest BCUT2D eigenvalue weighted by Crippen LogP contribution is -2.48. The lowest BCUT2D eigenvalue weighted by molar-refractivity contribution is -0.308. The summed E-state index contributed by atoms with van der Waals surface area (Å²) in [6.45, 7) is 0.611. The first-order valence-corrected chi connectivity index (χ1v) is 4.33. The predicted octanol–water partition coefficient (Wildman–Crippen LogP) is 1.85. The molecule has 0 saturated carbocycles. The van der Waals surface area contributed by atoms with Crippen LogP contribution in [0.1, 0.15) is 6.92 Å². The van der Waals surface area contributed by atoms with Crippen LogP contribution in [-0.2, 0) is 4.74 Å². The van der Waals surface area contributed by atoms with Crippen LogP contribution in [0.2, 0.25) is 0 Å². The molecule has 0 aromatic rings. The third-order valence-electron chi connectivity index (χ3n) is 1.67. The van der Waals surface area contributed by atoms with Gasteiger partial charge in [0.25, 0.3) is 6.10 Å². The van der Waals surface area contributed by atoms with E-state index in [4.69, 9.17) is 5.73 Å². The van der Waals surface area contributed by atoms with Gasteiger partial charge in [-0.05, 0) is 6.92 Å². The van der Waals surface area contributed by atoms with E-state index >= 15 is 0 Å². The van der Waals surface area contributed by atoms with Crippen LogP contribution in [0.5, 0.6) is 0 Å². The molecule has 4 nitrogen and oxygen atoms in total. The number of hydrogen-bond donors (Lipinski definition) is 1. The summed E-state index contributed by atoms with van der Waals surface area (Å²) in [7, 11) is 0. The van der Waals surface area contributed by atoms with E-state index in [0.717, 1.165) is 0 Å². The Morgan fingerprint density at radius 2 is 1.65 bits per heavy atom. The molecule has 0 heterocycles. The van der Waals surface area contributed by atoms with E-state index in [0.29, 0.717) is 4.90 Å². The molecule has 0 spiro atoms. The van der Waals surface area contributed by atoms with Gasteiger partial charge in [0.05, 0.1) is 6.67 Å². The fraction of sp³-hybridized carbons (Fsp3) is 0.857. The van der Waals surface area contributed by atoms with Gasteiger partial charge < -0.3 is 10.5 Å². The minimum absolute atomic E-state index is 0.169. The minimum Gasteiger partial charge on any atom is -0.426 e. The third kappa shape index (κ3) is 4.67. The Kier molecular flexibility index (Phi) is 5.05. The fourth-order valence-corrected chi connectivity index (χ4v) is 0.827. The second kappa shape index (κ2) is 5.43. The highest BCUT2D eigenvalue weighted by molar-refractivity contribution is 5.67. The van der Waals surface area contributed by atoms with Crippen LogP contribution >= 0.6 is 0 Å². The molecule has 10 heteroatoms. The number of hydrogen-bond acceptors (Lipinski definition) is 3. The maximum atomic E-state index is 12.0. The standard InChI is InChI=1S/C7H10F6N2O2/c1-2-15(3-14)5(16)17-4(6(8,9)10)7(11,12)13/h4H,2-3,14H2,1H3. The third-order valence-corrected chi connectivity index (χ3v) is 1.67. The Hall–Kier alpha value is -1.19. The topological polar surface area (TPSA) is 55.6 Å². The van der Waals surface area contributed by atoms with Crippen LogP contribution in [0.25, 0.3) is 0 Å². The zero-order chi connectivity index (χ0) is 13.9. The first-order valence-electron chi connectivity index (χ1n) is 4.33. The van der Waals surface area contributed by atoms with Crippen molar-refractivity contribution < 1.29 is 35.9 Å². The molecular weight excluding hydrogens is 258 g/mol. The fourth-order valence-electron chi connectivity index (χ4n) is 0.827. The van der Waals surface area contributed by atoms with Gasteiger partial charge in [0.1, 0.15) is 0 Å². The molecule has 0 aliphatic rings. The van der Waals surface area contributed by atoms with Gasteiger partial charge in [0.2, 0.25) is 0 Å². The molecule has 0 aliphatic heterocycles. The van der Waals surface area contributed by atoms with Crippen molar-refractivity contribution in [2.24, 2.45) is 5.73 Å². The molecule has 0 unspecified atom stereocenters. The summed E-state index contributed by atoms with van der Waals surface area (Å²) in [5.41, 5.74) is 4.94. The van der Waals surface area contributed by atoms with E-state index in [1.807, 2.05) is 0 Å².